The Labute approximate surface area is 175 Å². The molecular weight excluding hydrogens is 428 g/mol. The van der Waals surface area contributed by atoms with Crippen LogP contribution in [0.4, 0.5) is 0 Å². The van der Waals surface area contributed by atoms with E-state index in [9.17, 15) is 8.42 Å². The molecule has 1 fully saturated rings. The third-order valence-electron chi connectivity index (χ3n) is 4.68. The lowest BCUT2D eigenvalue weighted by molar-refractivity contribution is 0.346. The number of aromatic nitrogens is 7. The van der Waals surface area contributed by atoms with E-state index < -0.39 is 10.0 Å². The maximum Gasteiger partial charge on any atom is 0.283 e. The summed E-state index contributed by atoms with van der Waals surface area (Å²) in [5.74, 6) is 0.233. The Morgan fingerprint density at radius 1 is 1.00 bits per heavy atom. The van der Waals surface area contributed by atoms with Gasteiger partial charge in [0, 0.05) is 18.7 Å². The van der Waals surface area contributed by atoms with E-state index in [-0.39, 0.29) is 16.0 Å². The molecular formula is C17H16N8O3S2. The SMILES string of the molecule is O=S(=O)(c1cccc(-c2nnc(Sc3ccc4nnnn4n3)o2)c1)N1CCCCC1. The standard InChI is InChI=1S/C17H16N8O3S2/c26-30(27,24-9-2-1-3-10-24)13-6-4-5-12(11-13)16-19-20-17(28-16)29-15-8-7-14-18-22-23-25(14)21-15/h4-8,11H,1-3,9-10H2. The van der Waals surface area contributed by atoms with Crippen molar-refractivity contribution in [1.29, 1.82) is 0 Å². The second kappa shape index (κ2) is 7.74. The zero-order valence-electron chi connectivity index (χ0n) is 15.6. The van der Waals surface area contributed by atoms with Crippen LogP contribution in [0.3, 0.4) is 0 Å². The van der Waals surface area contributed by atoms with Crippen molar-refractivity contribution in [3.8, 4) is 11.5 Å². The highest BCUT2D eigenvalue weighted by atomic mass is 32.2. The van der Waals surface area contributed by atoms with E-state index in [1.165, 1.54) is 8.94 Å². The minimum absolute atomic E-state index is 0.222. The summed E-state index contributed by atoms with van der Waals surface area (Å²) in [6.45, 7) is 1.10. The van der Waals surface area contributed by atoms with Crippen molar-refractivity contribution in [1.82, 2.24) is 39.8 Å². The molecule has 0 amide bonds. The molecule has 30 heavy (non-hydrogen) atoms. The summed E-state index contributed by atoms with van der Waals surface area (Å²) in [4.78, 5) is 0.222. The second-order valence-corrected chi connectivity index (χ2v) is 9.58. The minimum atomic E-state index is -3.54. The van der Waals surface area contributed by atoms with Crippen LogP contribution < -0.4 is 0 Å². The normalized spacial score (nSPS) is 15.6. The molecule has 0 N–H and O–H groups in total. The van der Waals surface area contributed by atoms with E-state index in [0.717, 1.165) is 31.0 Å². The van der Waals surface area contributed by atoms with Crippen LogP contribution in [0.1, 0.15) is 19.3 Å². The van der Waals surface area contributed by atoms with Gasteiger partial charge in [0.25, 0.3) is 5.22 Å². The van der Waals surface area contributed by atoms with Gasteiger partial charge in [0.2, 0.25) is 15.9 Å². The fourth-order valence-corrected chi connectivity index (χ4v) is 5.39. The van der Waals surface area contributed by atoms with Gasteiger partial charge in [-0.2, -0.15) is 4.31 Å². The molecule has 0 spiro atoms. The lowest BCUT2D eigenvalue weighted by Crippen LogP contribution is -2.35. The summed E-state index contributed by atoms with van der Waals surface area (Å²) in [6.07, 6.45) is 2.82. The molecule has 1 aliphatic rings. The van der Waals surface area contributed by atoms with E-state index in [0.29, 0.717) is 29.3 Å². The van der Waals surface area contributed by atoms with Crippen LogP contribution in [0.2, 0.25) is 0 Å². The molecule has 154 valence electrons. The Morgan fingerprint density at radius 3 is 2.73 bits per heavy atom. The van der Waals surface area contributed by atoms with Crippen LogP contribution in [-0.2, 0) is 10.0 Å². The predicted octanol–water partition coefficient (Wildman–Crippen LogP) is 1.90. The molecule has 1 aliphatic heterocycles. The quantitative estimate of drug-likeness (QED) is 0.449. The van der Waals surface area contributed by atoms with Crippen LogP contribution in [-0.4, -0.2) is 61.3 Å². The molecule has 0 bridgehead atoms. The first kappa shape index (κ1) is 19.1. The van der Waals surface area contributed by atoms with Gasteiger partial charge >= 0.3 is 0 Å². The summed E-state index contributed by atoms with van der Waals surface area (Å²) < 4.78 is 34.4. The number of fused-ring (bicyclic) bond motifs is 1. The molecule has 1 saturated heterocycles. The molecule has 0 atom stereocenters. The van der Waals surface area contributed by atoms with Gasteiger partial charge in [0.15, 0.2) is 5.65 Å². The molecule has 1 aromatic carbocycles. The van der Waals surface area contributed by atoms with Crippen molar-refractivity contribution >= 4 is 27.4 Å². The molecule has 4 heterocycles. The van der Waals surface area contributed by atoms with Crippen molar-refractivity contribution < 1.29 is 12.8 Å². The van der Waals surface area contributed by atoms with Gasteiger partial charge in [-0.1, -0.05) is 12.5 Å². The van der Waals surface area contributed by atoms with Crippen molar-refractivity contribution in [3.05, 3.63) is 36.4 Å². The highest BCUT2D eigenvalue weighted by Crippen LogP contribution is 2.29. The number of rotatable bonds is 5. The fourth-order valence-electron chi connectivity index (χ4n) is 3.19. The van der Waals surface area contributed by atoms with Crippen LogP contribution in [0.15, 0.2) is 56.0 Å². The molecule has 13 heteroatoms. The van der Waals surface area contributed by atoms with Crippen molar-refractivity contribution in [2.75, 3.05) is 13.1 Å². The summed E-state index contributed by atoms with van der Waals surface area (Å²) in [7, 11) is -3.54. The first-order valence-corrected chi connectivity index (χ1v) is 11.5. The molecule has 5 rings (SSSR count). The van der Waals surface area contributed by atoms with Gasteiger partial charge in [0.1, 0.15) is 5.03 Å². The Hall–Kier alpha value is -2.90. The number of sulfonamides is 1. The first-order chi connectivity index (χ1) is 14.6. The molecule has 0 aliphatic carbocycles. The Kier molecular flexibility index (Phi) is 4.92. The van der Waals surface area contributed by atoms with Crippen LogP contribution >= 0.6 is 11.8 Å². The fraction of sp³-hybridized carbons (Fsp3) is 0.294. The predicted molar refractivity (Wildman–Crippen MR) is 105 cm³/mol. The van der Waals surface area contributed by atoms with E-state index in [4.69, 9.17) is 4.42 Å². The number of piperidine rings is 1. The van der Waals surface area contributed by atoms with E-state index in [2.05, 4.69) is 30.8 Å². The smallest absolute Gasteiger partial charge is 0.283 e. The lowest BCUT2D eigenvalue weighted by Gasteiger charge is -2.25. The van der Waals surface area contributed by atoms with E-state index in [1.807, 2.05) is 0 Å². The average molecular weight is 445 g/mol. The van der Waals surface area contributed by atoms with Crippen LogP contribution in [0.5, 0.6) is 0 Å². The highest BCUT2D eigenvalue weighted by molar-refractivity contribution is 7.99. The number of hydrogen-bond acceptors (Lipinski definition) is 10. The second-order valence-electron chi connectivity index (χ2n) is 6.67. The maximum atomic E-state index is 12.9. The molecule has 11 nitrogen and oxygen atoms in total. The number of benzene rings is 1. The van der Waals surface area contributed by atoms with Crippen LogP contribution in [0.25, 0.3) is 17.1 Å². The van der Waals surface area contributed by atoms with Gasteiger partial charge in [0.05, 0.1) is 4.90 Å². The highest BCUT2D eigenvalue weighted by Gasteiger charge is 2.26. The Balaban J connectivity index is 1.38. The zero-order chi connectivity index (χ0) is 20.6. The summed E-state index contributed by atoms with van der Waals surface area (Å²) in [5, 5.41) is 24.3. The lowest BCUT2D eigenvalue weighted by atomic mass is 10.2. The monoisotopic (exact) mass is 444 g/mol. The van der Waals surface area contributed by atoms with Crippen LogP contribution in [0, 0.1) is 0 Å². The molecule has 3 aromatic heterocycles. The van der Waals surface area contributed by atoms with Gasteiger partial charge in [-0.05, 0) is 65.4 Å². The van der Waals surface area contributed by atoms with E-state index in [1.54, 1.807) is 36.4 Å². The first-order valence-electron chi connectivity index (χ1n) is 9.27. The number of tetrazole rings is 1. The summed E-state index contributed by atoms with van der Waals surface area (Å²) in [6, 6.07) is 10.0. The third-order valence-corrected chi connectivity index (χ3v) is 7.34. The Morgan fingerprint density at radius 2 is 1.87 bits per heavy atom. The number of hydrogen-bond donors (Lipinski definition) is 0. The topological polar surface area (TPSA) is 132 Å². The zero-order valence-corrected chi connectivity index (χ0v) is 17.3. The average Bonchev–Trinajstić information content (AvgIpc) is 3.44. The number of nitrogens with zero attached hydrogens (tertiary/aromatic N) is 8. The van der Waals surface area contributed by atoms with Gasteiger partial charge < -0.3 is 4.42 Å². The van der Waals surface area contributed by atoms with Crippen molar-refractivity contribution in [2.45, 2.75) is 34.4 Å². The largest absolute Gasteiger partial charge is 0.411 e. The van der Waals surface area contributed by atoms with Gasteiger partial charge in [-0.3, -0.25) is 0 Å². The van der Waals surface area contributed by atoms with Crippen molar-refractivity contribution in [3.63, 3.8) is 0 Å². The Bertz CT molecular complexity index is 1300. The maximum absolute atomic E-state index is 12.9. The third kappa shape index (κ3) is 3.66. The molecule has 0 saturated carbocycles. The van der Waals surface area contributed by atoms with Gasteiger partial charge in [-0.25, -0.2) is 8.42 Å². The summed E-state index contributed by atoms with van der Waals surface area (Å²) >= 11 is 1.16. The molecule has 0 radical (unpaired) electrons. The molecule has 4 aromatic rings. The summed E-state index contributed by atoms with van der Waals surface area (Å²) in [5.41, 5.74) is 1.06. The van der Waals surface area contributed by atoms with E-state index >= 15 is 0 Å². The van der Waals surface area contributed by atoms with Gasteiger partial charge in [-0.15, -0.1) is 25.0 Å². The minimum Gasteiger partial charge on any atom is -0.411 e. The van der Waals surface area contributed by atoms with Crippen molar-refractivity contribution in [2.24, 2.45) is 0 Å². The molecule has 0 unspecified atom stereocenters.